The molecule has 0 unspecified atom stereocenters. The predicted octanol–water partition coefficient (Wildman–Crippen LogP) is -0.0422. The van der Waals surface area contributed by atoms with Gasteiger partial charge in [-0.15, -0.1) is 0 Å². The highest BCUT2D eigenvalue weighted by atomic mass is 16.4. The van der Waals surface area contributed by atoms with E-state index in [0.29, 0.717) is 12.1 Å². The van der Waals surface area contributed by atoms with Crippen LogP contribution in [0.25, 0.3) is 0 Å². The zero-order valence-corrected chi connectivity index (χ0v) is 18.1. The zero-order chi connectivity index (χ0) is 23.9. The molecule has 32 heavy (non-hydrogen) atoms. The number of carboxylic acids is 2. The van der Waals surface area contributed by atoms with Crippen molar-refractivity contribution in [2.45, 2.75) is 70.4 Å². The van der Waals surface area contributed by atoms with Gasteiger partial charge in [0.05, 0.1) is 19.3 Å². The molecule has 6 N–H and O–H groups in total. The molecule has 0 radical (unpaired) electrons. The van der Waals surface area contributed by atoms with Crippen LogP contribution in [-0.2, 0) is 30.4 Å². The van der Waals surface area contributed by atoms with Gasteiger partial charge in [0.25, 0.3) is 0 Å². The van der Waals surface area contributed by atoms with E-state index in [1.807, 2.05) is 0 Å². The summed E-state index contributed by atoms with van der Waals surface area (Å²) < 4.78 is 0. The van der Waals surface area contributed by atoms with Crippen LogP contribution in [0.5, 0.6) is 0 Å². The van der Waals surface area contributed by atoms with Crippen LogP contribution in [0, 0.1) is 0 Å². The van der Waals surface area contributed by atoms with Crippen LogP contribution < -0.4 is 16.0 Å². The number of imidazole rings is 1. The van der Waals surface area contributed by atoms with E-state index in [1.54, 1.807) is 0 Å². The molecule has 1 aromatic heterocycles. The Morgan fingerprint density at radius 1 is 1.00 bits per heavy atom. The third-order valence-electron chi connectivity index (χ3n) is 4.58. The van der Waals surface area contributed by atoms with Gasteiger partial charge < -0.3 is 31.1 Å². The van der Waals surface area contributed by atoms with Crippen molar-refractivity contribution in [2.75, 3.05) is 6.54 Å². The summed E-state index contributed by atoms with van der Waals surface area (Å²) >= 11 is 0. The second-order valence-electron chi connectivity index (χ2n) is 7.34. The average molecular weight is 453 g/mol. The minimum atomic E-state index is -1.51. The lowest BCUT2D eigenvalue weighted by atomic mass is 10.1. The number of amides is 3. The molecule has 0 spiro atoms. The number of aromatic amines is 1. The number of carbonyl (C=O) groups excluding carboxylic acids is 3. The Hall–Kier alpha value is -3.44. The Balaban J connectivity index is 2.56. The molecule has 0 aliphatic carbocycles. The summed E-state index contributed by atoms with van der Waals surface area (Å²) in [6, 6.07) is -2.86. The number of carboxylic acid groups (broad SMARTS) is 2. The van der Waals surface area contributed by atoms with Gasteiger partial charge in [0.1, 0.15) is 12.1 Å². The first-order chi connectivity index (χ1) is 15.2. The van der Waals surface area contributed by atoms with E-state index in [9.17, 15) is 29.1 Å². The fourth-order valence-electron chi connectivity index (χ4n) is 2.87. The minimum Gasteiger partial charge on any atom is -0.481 e. The minimum absolute atomic E-state index is 0.108. The number of unbranched alkanes of at least 4 members (excludes halogenated alkanes) is 4. The van der Waals surface area contributed by atoms with Crippen LogP contribution >= 0.6 is 0 Å². The number of aliphatic carboxylic acids is 2. The van der Waals surface area contributed by atoms with Crippen LogP contribution in [0.15, 0.2) is 12.5 Å². The SMILES string of the molecule is CCCCCCCC(=O)NCC(=O)N[C@@H](CC(=O)O)C(=O)N[C@@H](Cc1cnc[nH]1)C(=O)O. The molecule has 0 fully saturated rings. The maximum absolute atomic E-state index is 12.5. The van der Waals surface area contributed by atoms with Gasteiger partial charge in [-0.05, 0) is 6.42 Å². The normalized spacial score (nSPS) is 12.4. The molecule has 0 bridgehead atoms. The van der Waals surface area contributed by atoms with Crippen molar-refractivity contribution in [1.82, 2.24) is 25.9 Å². The van der Waals surface area contributed by atoms with Gasteiger partial charge in [-0.2, -0.15) is 0 Å². The van der Waals surface area contributed by atoms with E-state index in [4.69, 9.17) is 5.11 Å². The first-order valence-electron chi connectivity index (χ1n) is 10.5. The lowest BCUT2D eigenvalue weighted by Crippen LogP contribution is -2.54. The first-order valence-corrected chi connectivity index (χ1v) is 10.5. The van der Waals surface area contributed by atoms with Crippen LogP contribution in [0.3, 0.4) is 0 Å². The molecular weight excluding hydrogens is 422 g/mol. The Labute approximate surface area is 185 Å². The van der Waals surface area contributed by atoms with Crippen LogP contribution in [-0.4, -0.2) is 68.5 Å². The van der Waals surface area contributed by atoms with Gasteiger partial charge in [0.2, 0.25) is 17.7 Å². The second-order valence-corrected chi connectivity index (χ2v) is 7.34. The number of H-pyrrole nitrogens is 1. The van der Waals surface area contributed by atoms with Crippen molar-refractivity contribution in [3.05, 3.63) is 18.2 Å². The van der Waals surface area contributed by atoms with E-state index in [-0.39, 0.29) is 18.7 Å². The van der Waals surface area contributed by atoms with Gasteiger partial charge >= 0.3 is 11.9 Å². The number of hydrogen-bond acceptors (Lipinski definition) is 6. The van der Waals surface area contributed by atoms with Gasteiger partial charge in [-0.25, -0.2) is 9.78 Å². The highest BCUT2D eigenvalue weighted by molar-refractivity contribution is 5.94. The molecule has 178 valence electrons. The average Bonchev–Trinajstić information content (AvgIpc) is 3.24. The van der Waals surface area contributed by atoms with Crippen LogP contribution in [0.4, 0.5) is 0 Å². The quantitative estimate of drug-likeness (QED) is 0.188. The van der Waals surface area contributed by atoms with E-state index in [1.165, 1.54) is 12.5 Å². The molecule has 2 atom stereocenters. The molecule has 1 aromatic rings. The first kappa shape index (κ1) is 26.6. The summed E-state index contributed by atoms with van der Waals surface area (Å²) in [5.74, 6) is -4.73. The third kappa shape index (κ3) is 11.1. The van der Waals surface area contributed by atoms with Gasteiger partial charge in [0.15, 0.2) is 0 Å². The highest BCUT2D eigenvalue weighted by Crippen LogP contribution is 2.05. The van der Waals surface area contributed by atoms with Crippen molar-refractivity contribution >= 4 is 29.7 Å². The number of nitrogens with zero attached hydrogens (tertiary/aromatic N) is 1. The molecule has 0 aliphatic rings. The number of aromatic nitrogens is 2. The molecule has 1 heterocycles. The molecular formula is C20H31N5O7. The number of nitrogens with one attached hydrogen (secondary N) is 4. The summed E-state index contributed by atoms with van der Waals surface area (Å²) in [6.45, 7) is 1.66. The predicted molar refractivity (Wildman–Crippen MR) is 112 cm³/mol. The van der Waals surface area contributed by atoms with Gasteiger partial charge in [-0.3, -0.25) is 19.2 Å². The van der Waals surface area contributed by atoms with Crippen molar-refractivity contribution in [3.63, 3.8) is 0 Å². The molecule has 3 amide bonds. The third-order valence-corrected chi connectivity index (χ3v) is 4.58. The Morgan fingerprint density at radius 2 is 1.72 bits per heavy atom. The monoisotopic (exact) mass is 453 g/mol. The molecule has 0 saturated carbocycles. The lowest BCUT2D eigenvalue weighted by Gasteiger charge is -2.20. The standard InChI is InChI=1S/C20H31N5O7/c1-2-3-4-5-6-7-16(26)22-11-17(27)24-14(9-18(28)29)19(30)25-15(20(31)32)8-13-10-21-12-23-13/h10,12,14-15H,2-9,11H2,1H3,(H,21,23)(H,22,26)(H,24,27)(H,25,30)(H,28,29)(H,31,32)/t14-,15-/m0/s1. The number of rotatable bonds is 16. The van der Waals surface area contributed by atoms with Gasteiger partial charge in [0, 0.05) is 24.7 Å². The maximum Gasteiger partial charge on any atom is 0.326 e. The second kappa shape index (κ2) is 14.5. The van der Waals surface area contributed by atoms with Crippen molar-refractivity contribution in [3.8, 4) is 0 Å². The van der Waals surface area contributed by atoms with Gasteiger partial charge in [-0.1, -0.05) is 32.6 Å². The summed E-state index contributed by atoms with van der Waals surface area (Å²) in [5.41, 5.74) is 0.453. The topological polar surface area (TPSA) is 191 Å². The Bertz CT molecular complexity index is 766. The lowest BCUT2D eigenvalue weighted by molar-refractivity contribution is -0.143. The number of hydrogen-bond donors (Lipinski definition) is 6. The van der Waals surface area contributed by atoms with E-state index in [0.717, 1.165) is 25.7 Å². The fourth-order valence-corrected chi connectivity index (χ4v) is 2.87. The maximum atomic E-state index is 12.5. The Kier molecular flexibility index (Phi) is 12.1. The van der Waals surface area contributed by atoms with Crippen molar-refractivity contribution in [2.24, 2.45) is 0 Å². The molecule has 12 heteroatoms. The largest absolute Gasteiger partial charge is 0.481 e. The van der Waals surface area contributed by atoms with Crippen LogP contribution in [0.1, 0.15) is 57.6 Å². The highest BCUT2D eigenvalue weighted by Gasteiger charge is 2.28. The van der Waals surface area contributed by atoms with Crippen molar-refractivity contribution < 1.29 is 34.2 Å². The summed E-state index contributed by atoms with van der Waals surface area (Å²) in [7, 11) is 0. The van der Waals surface area contributed by atoms with E-state index < -0.39 is 48.8 Å². The molecule has 0 aromatic carbocycles. The van der Waals surface area contributed by atoms with E-state index >= 15 is 0 Å². The molecule has 0 saturated heterocycles. The summed E-state index contributed by atoms with van der Waals surface area (Å²) in [5, 5.41) is 25.3. The zero-order valence-electron chi connectivity index (χ0n) is 18.1. The van der Waals surface area contributed by atoms with E-state index in [2.05, 4.69) is 32.8 Å². The van der Waals surface area contributed by atoms with Crippen molar-refractivity contribution in [1.29, 1.82) is 0 Å². The summed E-state index contributed by atoms with van der Waals surface area (Å²) in [4.78, 5) is 65.4. The Morgan fingerprint density at radius 3 is 2.31 bits per heavy atom. The number of carbonyl (C=O) groups is 5. The molecule has 0 aliphatic heterocycles. The fraction of sp³-hybridized carbons (Fsp3) is 0.600. The molecule has 1 rings (SSSR count). The van der Waals surface area contributed by atoms with Crippen LogP contribution in [0.2, 0.25) is 0 Å². The molecule has 12 nitrogen and oxygen atoms in total. The smallest absolute Gasteiger partial charge is 0.326 e. The summed E-state index contributed by atoms with van der Waals surface area (Å²) in [6.07, 6.45) is 6.99.